The second-order valence-electron chi connectivity index (χ2n) is 15.1. The standard InChI is InChI=1S/C60H41N3Si/c1-5-17-42(18-6-1)43-31-36-49(37-32-43)64(47-21-9-3-10-22-47,48-23-11-4-12-24-48)50-38-33-45(34-39-50)61-53-26-14-13-25-51(53)52-41-46(35-40-54(52)61)63-57-29-15-27-55-59(57)60-56(28-16-30-58(60)63)62(55)44-19-7-2-8-20-44/h1-41H/i1D,3D,4D,5D,6D,9D,10D,11D,12D,17D,18D,21D,22D,23D,24D,31D,32D,33D,34D,36D,37D,38D,39D. The van der Waals surface area contributed by atoms with Crippen molar-refractivity contribution in [2.24, 2.45) is 0 Å². The summed E-state index contributed by atoms with van der Waals surface area (Å²) in [6.07, 6.45) is 0. The van der Waals surface area contributed by atoms with Gasteiger partial charge in [-0.2, -0.15) is 0 Å². The summed E-state index contributed by atoms with van der Waals surface area (Å²) in [4.78, 5) is 0. The van der Waals surface area contributed by atoms with Crippen LogP contribution in [0.15, 0.2) is 248 Å². The van der Waals surface area contributed by atoms with Gasteiger partial charge in [-0.05, 0) is 105 Å². The number of fused-ring (bicyclic) bond motifs is 3. The second kappa shape index (κ2) is 14.5. The maximum atomic E-state index is 10.3. The van der Waals surface area contributed by atoms with E-state index in [0.717, 1.165) is 44.2 Å². The summed E-state index contributed by atoms with van der Waals surface area (Å²) in [6, 6.07) is 10.2. The van der Waals surface area contributed by atoms with Gasteiger partial charge in [0.2, 0.25) is 0 Å². The molecule has 0 aliphatic heterocycles. The van der Waals surface area contributed by atoms with Crippen LogP contribution in [0.2, 0.25) is 0 Å². The Bertz CT molecular complexity index is 4950. The first-order chi connectivity index (χ1) is 41.3. The second-order valence-corrected chi connectivity index (χ2v) is 18.6. The summed E-state index contributed by atoms with van der Waals surface area (Å²) in [6.45, 7) is 0. The van der Waals surface area contributed by atoms with Gasteiger partial charge in [-0.25, -0.2) is 0 Å². The van der Waals surface area contributed by atoms with E-state index in [1.54, 1.807) is 24.3 Å². The molecule has 0 bridgehead atoms. The van der Waals surface area contributed by atoms with Gasteiger partial charge in [-0.15, -0.1) is 0 Å². The number of para-hydroxylation sites is 2. The van der Waals surface area contributed by atoms with Gasteiger partial charge in [-0.1, -0.05) is 175 Å². The molecule has 0 amide bonds. The molecule has 0 aliphatic carbocycles. The Kier molecular flexibility index (Phi) is 4.59. The quantitative estimate of drug-likeness (QED) is 0.107. The summed E-state index contributed by atoms with van der Waals surface area (Å²) in [5.74, 6) is 0. The van der Waals surface area contributed by atoms with Crippen LogP contribution in [0.3, 0.4) is 0 Å². The monoisotopic (exact) mass is 854 g/mol. The molecular formula is C60H41N3Si. The van der Waals surface area contributed by atoms with E-state index < -0.39 is 185 Å². The molecule has 10 aromatic carbocycles. The van der Waals surface area contributed by atoms with Crippen LogP contribution in [0.4, 0.5) is 0 Å². The van der Waals surface area contributed by atoms with Gasteiger partial charge >= 0.3 is 0 Å². The number of rotatable bonds is 8. The Morgan fingerprint density at radius 3 is 1.33 bits per heavy atom. The Morgan fingerprint density at radius 2 is 0.734 bits per heavy atom. The third kappa shape index (κ3) is 5.33. The zero-order chi connectivity index (χ0) is 62.2. The summed E-state index contributed by atoms with van der Waals surface area (Å²) in [5.41, 5.74) is 4.16. The maximum absolute atomic E-state index is 10.3. The Hall–Kier alpha value is -8.18. The van der Waals surface area contributed by atoms with E-state index in [1.807, 2.05) is 72.8 Å². The van der Waals surface area contributed by atoms with Crippen molar-refractivity contribution in [2.75, 3.05) is 0 Å². The molecule has 0 unspecified atom stereocenters. The van der Waals surface area contributed by atoms with Crippen molar-refractivity contribution >= 4 is 83.5 Å². The van der Waals surface area contributed by atoms with Crippen LogP contribution in [0.1, 0.15) is 31.5 Å². The van der Waals surface area contributed by atoms with Gasteiger partial charge in [0.15, 0.2) is 8.07 Å². The topological polar surface area (TPSA) is 14.8 Å². The highest BCUT2D eigenvalue weighted by Gasteiger charge is 2.41. The summed E-state index contributed by atoms with van der Waals surface area (Å²) < 4.78 is 220. The van der Waals surface area contributed by atoms with Crippen molar-refractivity contribution in [3.63, 3.8) is 0 Å². The number of aromatic nitrogens is 3. The molecule has 0 saturated heterocycles. The van der Waals surface area contributed by atoms with Crippen LogP contribution in [0.5, 0.6) is 0 Å². The zero-order valence-corrected chi connectivity index (χ0v) is 34.2. The fourth-order valence-corrected chi connectivity index (χ4v) is 12.8. The van der Waals surface area contributed by atoms with Crippen molar-refractivity contribution in [1.82, 2.24) is 13.7 Å². The highest BCUT2D eigenvalue weighted by atomic mass is 28.3. The van der Waals surface area contributed by atoms with E-state index in [0.29, 0.717) is 21.8 Å². The molecular weight excluding hydrogens is 791 g/mol. The van der Waals surface area contributed by atoms with Crippen LogP contribution < -0.4 is 20.7 Å². The summed E-state index contributed by atoms with van der Waals surface area (Å²) >= 11 is 0. The number of benzene rings is 10. The molecule has 0 spiro atoms. The lowest BCUT2D eigenvalue weighted by Crippen LogP contribution is -2.74. The molecule has 3 nitrogen and oxygen atoms in total. The molecule has 300 valence electrons. The van der Waals surface area contributed by atoms with Gasteiger partial charge in [0, 0.05) is 38.6 Å². The van der Waals surface area contributed by atoms with E-state index in [-0.39, 0.29) is 0 Å². The van der Waals surface area contributed by atoms with Crippen molar-refractivity contribution in [1.29, 1.82) is 0 Å². The smallest absolute Gasteiger partial charge is 0.179 e. The number of hydrogen-bond donors (Lipinski definition) is 0. The van der Waals surface area contributed by atoms with E-state index in [9.17, 15) is 16.4 Å². The number of hydrogen-bond acceptors (Lipinski definition) is 0. The minimum atomic E-state index is -6.30. The van der Waals surface area contributed by atoms with Gasteiger partial charge in [-0.3, -0.25) is 0 Å². The molecule has 0 aliphatic rings. The SMILES string of the molecule is [2H]c1c([2H])c([2H])c(-c2c([2H])c([2H])c([Si](c3c([2H])c([2H])c([2H])c([2H])c3[2H])(c3c([2H])c([2H])c([2H])c([2H])c3[2H])c3c([2H])c([2H])c(-n4c5ccccc5c5cc(-n6c7cccc8c7c7c(cccc76)n8-c6ccccc6)ccc54)c([2H])c3[2H])c([2H])c2[2H])c([2H])c1[2H]. The van der Waals surface area contributed by atoms with Crippen molar-refractivity contribution in [3.05, 3.63) is 248 Å². The molecule has 3 aromatic heterocycles. The van der Waals surface area contributed by atoms with E-state index in [2.05, 4.69) is 21.3 Å². The molecule has 13 rings (SSSR count). The molecule has 4 heteroatoms. The van der Waals surface area contributed by atoms with Gasteiger partial charge < -0.3 is 13.7 Å². The molecule has 0 saturated carbocycles. The Morgan fingerprint density at radius 1 is 0.297 bits per heavy atom. The summed E-state index contributed by atoms with van der Waals surface area (Å²) in [7, 11) is -6.30. The van der Waals surface area contributed by atoms with E-state index in [1.165, 1.54) is 4.57 Å². The van der Waals surface area contributed by atoms with Crippen LogP contribution in [-0.2, 0) is 0 Å². The zero-order valence-electron chi connectivity index (χ0n) is 56.2. The fraction of sp³-hybridized carbons (Fsp3) is 0. The van der Waals surface area contributed by atoms with Crippen molar-refractivity contribution < 1.29 is 31.5 Å². The third-order valence-corrected chi connectivity index (χ3v) is 15.9. The van der Waals surface area contributed by atoms with E-state index in [4.69, 9.17) is 15.1 Å². The van der Waals surface area contributed by atoms with Gasteiger partial charge in [0.25, 0.3) is 0 Å². The normalized spacial score (nSPS) is 17.1. The molecule has 0 N–H and O–H groups in total. The molecule has 64 heavy (non-hydrogen) atoms. The Balaban J connectivity index is 1.15. The van der Waals surface area contributed by atoms with Gasteiger partial charge in [0.1, 0.15) is 0 Å². The van der Waals surface area contributed by atoms with Crippen LogP contribution in [0.25, 0.3) is 82.8 Å². The minimum absolute atomic E-state index is 0.376. The van der Waals surface area contributed by atoms with Crippen LogP contribution >= 0.6 is 0 Å². The molecule has 0 fully saturated rings. The maximum Gasteiger partial charge on any atom is 0.179 e. The molecule has 13 aromatic rings. The van der Waals surface area contributed by atoms with Crippen molar-refractivity contribution in [2.45, 2.75) is 0 Å². The predicted molar refractivity (Wildman–Crippen MR) is 272 cm³/mol. The van der Waals surface area contributed by atoms with Crippen LogP contribution in [0, 0.1) is 0 Å². The average Bonchev–Trinajstić information content (AvgIpc) is 0.868. The third-order valence-electron chi connectivity index (χ3n) is 11.9. The lowest BCUT2D eigenvalue weighted by Gasteiger charge is -2.34. The Labute approximate surface area is 404 Å². The fourth-order valence-electron chi connectivity index (χ4n) is 9.28. The summed E-state index contributed by atoms with van der Waals surface area (Å²) in [5, 5.41) is -0.860. The number of nitrogens with zero attached hydrogens (tertiary/aromatic N) is 3. The van der Waals surface area contributed by atoms with E-state index >= 15 is 0 Å². The molecule has 3 heterocycles. The first kappa shape index (κ1) is 20.3. The van der Waals surface area contributed by atoms with Crippen molar-refractivity contribution in [3.8, 4) is 28.2 Å². The van der Waals surface area contributed by atoms with Crippen LogP contribution in [-0.4, -0.2) is 21.8 Å². The highest BCUT2D eigenvalue weighted by molar-refractivity contribution is 7.19. The molecule has 0 atom stereocenters. The minimum Gasteiger partial charge on any atom is -0.309 e. The lowest BCUT2D eigenvalue weighted by atomic mass is 10.1. The largest absolute Gasteiger partial charge is 0.309 e. The predicted octanol–water partition coefficient (Wildman–Crippen LogP) is 12.3. The first-order valence-corrected chi connectivity index (χ1v) is 22.2. The molecule has 0 radical (unpaired) electrons. The lowest BCUT2D eigenvalue weighted by molar-refractivity contribution is 1.15. The average molecular weight is 855 g/mol. The highest BCUT2D eigenvalue weighted by Crippen LogP contribution is 2.43. The first-order valence-electron chi connectivity index (χ1n) is 31.7. The van der Waals surface area contributed by atoms with Gasteiger partial charge in [0.05, 0.1) is 64.6 Å².